The lowest BCUT2D eigenvalue weighted by Crippen LogP contribution is -2.60. The monoisotopic (exact) mass is 275 g/mol. The molecule has 0 spiro atoms. The number of hydrogen-bond acceptors (Lipinski definition) is 1. The molecule has 0 amide bonds. The van der Waals surface area contributed by atoms with Crippen LogP contribution in [-0.2, 0) is 0 Å². The molecule has 0 aromatic carbocycles. The molecule has 4 bridgehead atoms. The molecule has 5 aliphatic rings. The summed E-state index contributed by atoms with van der Waals surface area (Å²) < 4.78 is 0. The summed E-state index contributed by atoms with van der Waals surface area (Å²) in [6, 6.07) is 0.493. The topological polar surface area (TPSA) is 26.0 Å². The van der Waals surface area contributed by atoms with Gasteiger partial charge in [0.2, 0.25) is 0 Å². The highest BCUT2D eigenvalue weighted by molar-refractivity contribution is 5.13. The van der Waals surface area contributed by atoms with Gasteiger partial charge in [-0.3, -0.25) is 0 Å². The highest BCUT2D eigenvalue weighted by atomic mass is 14.8. The van der Waals surface area contributed by atoms with Crippen molar-refractivity contribution in [3.05, 3.63) is 0 Å². The molecule has 2 N–H and O–H groups in total. The van der Waals surface area contributed by atoms with E-state index >= 15 is 0 Å². The van der Waals surface area contributed by atoms with Gasteiger partial charge >= 0.3 is 0 Å². The van der Waals surface area contributed by atoms with E-state index < -0.39 is 0 Å². The largest absolute Gasteiger partial charge is 0.327 e. The van der Waals surface area contributed by atoms with Crippen LogP contribution in [0.25, 0.3) is 0 Å². The lowest BCUT2D eigenvalue weighted by Gasteiger charge is -2.67. The average molecular weight is 275 g/mol. The van der Waals surface area contributed by atoms with E-state index in [4.69, 9.17) is 5.73 Å². The molecule has 0 heterocycles. The molecule has 1 nitrogen and oxygen atoms in total. The van der Waals surface area contributed by atoms with Gasteiger partial charge in [0.1, 0.15) is 0 Å². The zero-order chi connectivity index (χ0) is 14.0. The summed E-state index contributed by atoms with van der Waals surface area (Å²) in [7, 11) is 0. The Labute approximate surface area is 125 Å². The van der Waals surface area contributed by atoms with Crippen LogP contribution < -0.4 is 5.73 Å². The van der Waals surface area contributed by atoms with Gasteiger partial charge in [-0.05, 0) is 73.0 Å². The summed E-state index contributed by atoms with van der Waals surface area (Å²) in [6.07, 6.45) is 16.0. The second-order valence-corrected chi connectivity index (χ2v) is 9.99. The molecule has 5 aliphatic carbocycles. The first-order valence-electron chi connectivity index (χ1n) is 9.16. The second-order valence-electron chi connectivity index (χ2n) is 9.99. The Balaban J connectivity index is 1.56. The molecule has 20 heavy (non-hydrogen) atoms. The molecule has 3 unspecified atom stereocenters. The first-order valence-corrected chi connectivity index (χ1v) is 9.16. The molecule has 5 fully saturated rings. The number of hydrogen-bond donors (Lipinski definition) is 1. The van der Waals surface area contributed by atoms with Gasteiger partial charge in [0.05, 0.1) is 0 Å². The van der Waals surface area contributed by atoms with Crippen LogP contribution in [0.1, 0.15) is 84.5 Å². The van der Waals surface area contributed by atoms with Crippen molar-refractivity contribution in [3.8, 4) is 0 Å². The second kappa shape index (κ2) is 4.24. The van der Waals surface area contributed by atoms with E-state index in [0.29, 0.717) is 22.3 Å². The zero-order valence-corrected chi connectivity index (χ0v) is 13.6. The van der Waals surface area contributed by atoms with Gasteiger partial charge in [0.25, 0.3) is 0 Å². The van der Waals surface area contributed by atoms with Crippen molar-refractivity contribution in [2.24, 2.45) is 33.8 Å². The predicted octanol–water partition coefficient (Wildman–Crippen LogP) is 4.89. The van der Waals surface area contributed by atoms with Gasteiger partial charge in [-0.25, -0.2) is 0 Å². The van der Waals surface area contributed by atoms with Crippen molar-refractivity contribution in [2.75, 3.05) is 0 Å². The van der Waals surface area contributed by atoms with Crippen LogP contribution in [-0.4, -0.2) is 6.04 Å². The van der Waals surface area contributed by atoms with Crippen LogP contribution in [0.2, 0.25) is 0 Å². The summed E-state index contributed by atoms with van der Waals surface area (Å²) in [4.78, 5) is 0. The van der Waals surface area contributed by atoms with E-state index in [2.05, 4.69) is 13.8 Å². The zero-order valence-electron chi connectivity index (χ0n) is 13.6. The van der Waals surface area contributed by atoms with Gasteiger partial charge < -0.3 is 5.73 Å². The summed E-state index contributed by atoms with van der Waals surface area (Å²) in [5.41, 5.74) is 8.64. The highest BCUT2D eigenvalue weighted by Gasteiger charge is 2.61. The molecule has 0 aromatic rings. The van der Waals surface area contributed by atoms with Crippen LogP contribution in [0, 0.1) is 28.1 Å². The van der Waals surface area contributed by atoms with Gasteiger partial charge in [-0.1, -0.05) is 39.5 Å². The lowest BCUT2D eigenvalue weighted by atomic mass is 9.39. The molecule has 0 saturated heterocycles. The molecule has 0 radical (unpaired) electrons. The molecule has 3 atom stereocenters. The van der Waals surface area contributed by atoms with E-state index in [-0.39, 0.29) is 0 Å². The van der Waals surface area contributed by atoms with Crippen molar-refractivity contribution in [2.45, 2.75) is 90.5 Å². The summed E-state index contributed by atoms with van der Waals surface area (Å²) in [5, 5.41) is 0. The molecule has 0 aliphatic heterocycles. The Morgan fingerprint density at radius 1 is 0.950 bits per heavy atom. The van der Waals surface area contributed by atoms with Crippen LogP contribution in [0.4, 0.5) is 0 Å². The van der Waals surface area contributed by atoms with E-state index in [1.807, 2.05) is 0 Å². The summed E-state index contributed by atoms with van der Waals surface area (Å²) in [5.74, 6) is 1.95. The van der Waals surface area contributed by atoms with E-state index in [0.717, 1.165) is 11.8 Å². The number of rotatable bonds is 3. The average Bonchev–Trinajstić information content (AvgIpc) is 2.76. The van der Waals surface area contributed by atoms with E-state index in [1.54, 1.807) is 0 Å². The van der Waals surface area contributed by atoms with Crippen molar-refractivity contribution in [1.82, 2.24) is 0 Å². The molecule has 5 rings (SSSR count). The summed E-state index contributed by atoms with van der Waals surface area (Å²) >= 11 is 0. The Bertz CT molecular complexity index is 377. The maximum absolute atomic E-state index is 6.87. The van der Waals surface area contributed by atoms with E-state index in [1.165, 1.54) is 70.6 Å². The van der Waals surface area contributed by atoms with Crippen LogP contribution in [0.15, 0.2) is 0 Å². The Hall–Kier alpha value is -0.0400. The Kier molecular flexibility index (Phi) is 2.89. The standard InChI is InChI=1S/C19H33N/c1-17-8-15-9-18(2,11-17)13-19(10-15,12-17)16(20)7-14-5-3-4-6-14/h14-16H,3-13,20H2,1-2H3. The van der Waals surface area contributed by atoms with Gasteiger partial charge in [0, 0.05) is 6.04 Å². The smallest absolute Gasteiger partial charge is 0.00987 e. The maximum Gasteiger partial charge on any atom is 0.00987 e. The van der Waals surface area contributed by atoms with Crippen LogP contribution >= 0.6 is 0 Å². The SMILES string of the molecule is CC12CC3CC(C)(C1)CC(C(N)CC1CCCC1)(C3)C2. The molecule has 0 aromatic heterocycles. The van der Waals surface area contributed by atoms with Gasteiger partial charge in [-0.15, -0.1) is 0 Å². The fourth-order valence-corrected chi connectivity index (χ4v) is 7.80. The molecule has 114 valence electrons. The van der Waals surface area contributed by atoms with Crippen molar-refractivity contribution >= 4 is 0 Å². The van der Waals surface area contributed by atoms with E-state index in [9.17, 15) is 0 Å². The first-order chi connectivity index (χ1) is 9.41. The summed E-state index contributed by atoms with van der Waals surface area (Å²) in [6.45, 7) is 5.15. The lowest BCUT2D eigenvalue weighted by molar-refractivity contribution is -0.155. The quantitative estimate of drug-likeness (QED) is 0.779. The first kappa shape index (κ1) is 13.6. The van der Waals surface area contributed by atoms with Crippen molar-refractivity contribution in [3.63, 3.8) is 0 Å². The predicted molar refractivity (Wildman–Crippen MR) is 84.4 cm³/mol. The van der Waals surface area contributed by atoms with Gasteiger partial charge in [-0.2, -0.15) is 0 Å². The highest BCUT2D eigenvalue weighted by Crippen LogP contribution is 2.70. The third-order valence-corrected chi connectivity index (χ3v) is 7.52. The minimum atomic E-state index is 0.493. The minimum Gasteiger partial charge on any atom is -0.327 e. The third kappa shape index (κ3) is 2.07. The van der Waals surface area contributed by atoms with Gasteiger partial charge in [0.15, 0.2) is 0 Å². The fraction of sp³-hybridized carbons (Fsp3) is 1.00. The fourth-order valence-electron chi connectivity index (χ4n) is 7.80. The maximum atomic E-state index is 6.87. The van der Waals surface area contributed by atoms with Crippen molar-refractivity contribution in [1.29, 1.82) is 0 Å². The Morgan fingerprint density at radius 3 is 2.10 bits per heavy atom. The third-order valence-electron chi connectivity index (χ3n) is 7.52. The minimum absolute atomic E-state index is 0.493. The van der Waals surface area contributed by atoms with Crippen molar-refractivity contribution < 1.29 is 0 Å². The van der Waals surface area contributed by atoms with Crippen LogP contribution in [0.5, 0.6) is 0 Å². The molecule has 1 heteroatoms. The molecular weight excluding hydrogens is 242 g/mol. The Morgan fingerprint density at radius 2 is 1.55 bits per heavy atom. The number of nitrogens with two attached hydrogens (primary N) is 1. The molecule has 5 saturated carbocycles. The molecular formula is C19H33N. The normalized spacial score (nSPS) is 52.6. The van der Waals surface area contributed by atoms with Crippen LogP contribution in [0.3, 0.4) is 0 Å².